The van der Waals surface area contributed by atoms with Crippen molar-refractivity contribution in [2.24, 2.45) is 0 Å². The van der Waals surface area contributed by atoms with E-state index in [0.29, 0.717) is 0 Å². The highest BCUT2D eigenvalue weighted by Crippen LogP contribution is 2.26. The number of unbranched alkanes of at least 4 members (excludes halogenated alkanes) is 3. The molecule has 0 saturated carbocycles. The maximum atomic E-state index is 6.31. The molecule has 0 fully saturated rings. The summed E-state index contributed by atoms with van der Waals surface area (Å²) in [5.41, 5.74) is 1.25. The first kappa shape index (κ1) is 13.1. The van der Waals surface area contributed by atoms with Crippen molar-refractivity contribution in [3.05, 3.63) is 35.9 Å². The van der Waals surface area contributed by atoms with Gasteiger partial charge in [0.1, 0.15) is 0 Å². The number of rotatable bonds is 7. The fraction of sp³-hybridized carbons (Fsp3) is 0.538. The molecule has 0 amide bonds. The van der Waals surface area contributed by atoms with Gasteiger partial charge in [-0.15, -0.1) is 11.6 Å². The topological polar surface area (TPSA) is 0 Å². The molecule has 0 saturated heterocycles. The van der Waals surface area contributed by atoms with Crippen molar-refractivity contribution in [2.45, 2.75) is 37.5 Å². The first-order valence-corrected chi connectivity index (χ1v) is 7.15. The molecule has 0 radical (unpaired) electrons. The van der Waals surface area contributed by atoms with E-state index in [1.807, 2.05) is 6.07 Å². The molecule has 84 valence electrons. The van der Waals surface area contributed by atoms with Crippen molar-refractivity contribution in [1.29, 1.82) is 0 Å². The molecule has 0 heterocycles. The Labute approximate surface area is 106 Å². The van der Waals surface area contributed by atoms with Crippen molar-refractivity contribution < 1.29 is 0 Å². The van der Waals surface area contributed by atoms with Gasteiger partial charge in [0.2, 0.25) is 0 Å². The van der Waals surface area contributed by atoms with Crippen LogP contribution in [0.4, 0.5) is 0 Å². The molecule has 0 nitrogen and oxygen atoms in total. The molecule has 1 aromatic rings. The third-order valence-electron chi connectivity index (χ3n) is 2.50. The zero-order valence-corrected chi connectivity index (χ0v) is 11.3. The van der Waals surface area contributed by atoms with E-state index in [1.165, 1.54) is 31.2 Å². The molecule has 0 aromatic heterocycles. The Bertz CT molecular complexity index is 248. The Kier molecular flexibility index (Phi) is 7.12. The van der Waals surface area contributed by atoms with Gasteiger partial charge < -0.3 is 0 Å². The standard InChI is InChI=1S/C13H18BrCl/c14-11-7-2-1-6-10-13(15)12-8-4-3-5-9-12/h3-5,8-9,13H,1-2,6-7,10-11H2. The second-order valence-electron chi connectivity index (χ2n) is 3.77. The molecule has 0 aliphatic rings. The summed E-state index contributed by atoms with van der Waals surface area (Å²) in [6, 6.07) is 10.3. The molecule has 15 heavy (non-hydrogen) atoms. The number of hydrogen-bond acceptors (Lipinski definition) is 0. The largest absolute Gasteiger partial charge is 0.118 e. The van der Waals surface area contributed by atoms with Crippen molar-refractivity contribution in [3.8, 4) is 0 Å². The summed E-state index contributed by atoms with van der Waals surface area (Å²) in [5.74, 6) is 0. The minimum atomic E-state index is 0.190. The Morgan fingerprint density at radius 3 is 2.33 bits per heavy atom. The van der Waals surface area contributed by atoms with Crippen LogP contribution in [0.1, 0.15) is 43.0 Å². The van der Waals surface area contributed by atoms with Crippen LogP contribution in [0.3, 0.4) is 0 Å². The van der Waals surface area contributed by atoms with Crippen LogP contribution in [-0.2, 0) is 0 Å². The van der Waals surface area contributed by atoms with E-state index in [2.05, 4.69) is 40.2 Å². The Morgan fingerprint density at radius 2 is 1.67 bits per heavy atom. The van der Waals surface area contributed by atoms with Crippen LogP contribution in [-0.4, -0.2) is 5.33 Å². The lowest BCUT2D eigenvalue weighted by molar-refractivity contribution is 0.627. The van der Waals surface area contributed by atoms with Crippen LogP contribution in [0.5, 0.6) is 0 Å². The lowest BCUT2D eigenvalue weighted by atomic mass is 10.1. The third-order valence-corrected chi connectivity index (χ3v) is 3.53. The highest BCUT2D eigenvalue weighted by Gasteiger charge is 2.05. The van der Waals surface area contributed by atoms with Gasteiger partial charge in [-0.05, 0) is 18.4 Å². The zero-order valence-electron chi connectivity index (χ0n) is 8.96. The van der Waals surface area contributed by atoms with Gasteiger partial charge in [-0.25, -0.2) is 0 Å². The average Bonchev–Trinajstić information content (AvgIpc) is 2.30. The summed E-state index contributed by atoms with van der Waals surface area (Å²) >= 11 is 9.75. The summed E-state index contributed by atoms with van der Waals surface area (Å²) in [4.78, 5) is 0. The van der Waals surface area contributed by atoms with Gasteiger partial charge >= 0.3 is 0 Å². The zero-order chi connectivity index (χ0) is 10.9. The Morgan fingerprint density at radius 1 is 1.00 bits per heavy atom. The van der Waals surface area contributed by atoms with E-state index in [0.717, 1.165) is 11.8 Å². The van der Waals surface area contributed by atoms with Crippen LogP contribution >= 0.6 is 27.5 Å². The molecule has 2 heteroatoms. The summed E-state index contributed by atoms with van der Waals surface area (Å²) in [5, 5.41) is 1.31. The van der Waals surface area contributed by atoms with Gasteiger partial charge in [-0.2, -0.15) is 0 Å². The Balaban J connectivity index is 2.16. The van der Waals surface area contributed by atoms with Crippen molar-refractivity contribution >= 4 is 27.5 Å². The molecule has 0 bridgehead atoms. The van der Waals surface area contributed by atoms with Gasteiger partial charge in [0.15, 0.2) is 0 Å². The van der Waals surface area contributed by atoms with Crippen LogP contribution in [0, 0.1) is 0 Å². The first-order valence-electron chi connectivity index (χ1n) is 5.59. The van der Waals surface area contributed by atoms with Crippen LogP contribution in [0.15, 0.2) is 30.3 Å². The second kappa shape index (κ2) is 8.18. The SMILES string of the molecule is ClC(CCCCCCBr)c1ccccc1. The average molecular weight is 290 g/mol. The van der Waals surface area contributed by atoms with E-state index in [9.17, 15) is 0 Å². The molecule has 1 atom stereocenters. The number of hydrogen-bond donors (Lipinski definition) is 0. The first-order chi connectivity index (χ1) is 7.34. The number of benzene rings is 1. The minimum Gasteiger partial charge on any atom is -0.118 e. The number of alkyl halides is 2. The monoisotopic (exact) mass is 288 g/mol. The fourth-order valence-corrected chi connectivity index (χ4v) is 2.30. The van der Waals surface area contributed by atoms with Gasteiger partial charge in [0, 0.05) is 5.33 Å². The molecule has 0 aliphatic carbocycles. The van der Waals surface area contributed by atoms with E-state index >= 15 is 0 Å². The lowest BCUT2D eigenvalue weighted by Gasteiger charge is -2.09. The maximum Gasteiger partial charge on any atom is 0.0585 e. The molecule has 0 spiro atoms. The predicted octanol–water partition coefficient (Wildman–Crippen LogP) is 5.31. The quantitative estimate of drug-likeness (QED) is 0.471. The van der Waals surface area contributed by atoms with Crippen LogP contribution in [0.2, 0.25) is 0 Å². The molecular formula is C13H18BrCl. The molecule has 0 N–H and O–H groups in total. The normalized spacial score (nSPS) is 12.7. The third kappa shape index (κ3) is 5.58. The predicted molar refractivity (Wildman–Crippen MR) is 71.9 cm³/mol. The summed E-state index contributed by atoms with van der Waals surface area (Å²) in [7, 11) is 0. The maximum absolute atomic E-state index is 6.31. The lowest BCUT2D eigenvalue weighted by Crippen LogP contribution is -1.90. The number of halogens is 2. The van der Waals surface area contributed by atoms with Crippen LogP contribution < -0.4 is 0 Å². The molecular weight excluding hydrogens is 272 g/mol. The van der Waals surface area contributed by atoms with Gasteiger partial charge in [-0.1, -0.05) is 65.5 Å². The summed E-state index contributed by atoms with van der Waals surface area (Å²) in [6.45, 7) is 0. The molecule has 0 aliphatic heterocycles. The van der Waals surface area contributed by atoms with Crippen molar-refractivity contribution in [2.75, 3.05) is 5.33 Å². The fourth-order valence-electron chi connectivity index (χ4n) is 1.60. The van der Waals surface area contributed by atoms with Crippen molar-refractivity contribution in [3.63, 3.8) is 0 Å². The molecule has 1 aromatic carbocycles. The van der Waals surface area contributed by atoms with Crippen molar-refractivity contribution in [1.82, 2.24) is 0 Å². The van der Waals surface area contributed by atoms with E-state index in [1.54, 1.807) is 0 Å². The summed E-state index contributed by atoms with van der Waals surface area (Å²) < 4.78 is 0. The molecule has 1 rings (SSSR count). The van der Waals surface area contributed by atoms with Gasteiger partial charge in [0.05, 0.1) is 5.38 Å². The van der Waals surface area contributed by atoms with E-state index in [-0.39, 0.29) is 5.38 Å². The highest BCUT2D eigenvalue weighted by molar-refractivity contribution is 9.09. The highest BCUT2D eigenvalue weighted by atomic mass is 79.9. The minimum absolute atomic E-state index is 0.190. The van der Waals surface area contributed by atoms with Crippen LogP contribution in [0.25, 0.3) is 0 Å². The van der Waals surface area contributed by atoms with Gasteiger partial charge in [0.25, 0.3) is 0 Å². The molecule has 1 unspecified atom stereocenters. The summed E-state index contributed by atoms with van der Waals surface area (Å²) in [6.07, 6.45) is 6.20. The second-order valence-corrected chi connectivity index (χ2v) is 5.09. The van der Waals surface area contributed by atoms with Gasteiger partial charge in [-0.3, -0.25) is 0 Å². The smallest absolute Gasteiger partial charge is 0.0585 e. The van der Waals surface area contributed by atoms with E-state index in [4.69, 9.17) is 11.6 Å². The van der Waals surface area contributed by atoms with E-state index < -0.39 is 0 Å². The Hall–Kier alpha value is -0.0100.